The predicted octanol–water partition coefficient (Wildman–Crippen LogP) is 1.37. The van der Waals surface area contributed by atoms with Crippen molar-refractivity contribution in [3.63, 3.8) is 0 Å². The number of carbonyl (C=O) groups is 1. The molecule has 4 heteroatoms. The van der Waals surface area contributed by atoms with Gasteiger partial charge < -0.3 is 0 Å². The van der Waals surface area contributed by atoms with Crippen molar-refractivity contribution >= 4 is 18.0 Å². The van der Waals surface area contributed by atoms with Crippen LogP contribution in [0.5, 0.6) is 0 Å². The van der Waals surface area contributed by atoms with Gasteiger partial charge in [-0.05, 0) is 12.2 Å². The maximum absolute atomic E-state index is 10.4. The molecule has 1 aliphatic heterocycles. The van der Waals surface area contributed by atoms with E-state index in [1.165, 1.54) is 12.2 Å². The molecule has 0 radical (unpaired) electrons. The first-order valence-electron chi connectivity index (χ1n) is 3.97. The van der Waals surface area contributed by atoms with E-state index in [9.17, 15) is 4.79 Å². The number of aldehydes is 1. The Bertz CT molecular complexity index is 278. The molecule has 0 N–H and O–H groups in total. The molecule has 1 saturated heterocycles. The molecule has 0 aromatic carbocycles. The third-order valence-corrected chi connectivity index (χ3v) is 3.18. The van der Waals surface area contributed by atoms with Gasteiger partial charge in [0.1, 0.15) is 0 Å². The van der Waals surface area contributed by atoms with Crippen molar-refractivity contribution in [2.45, 2.75) is 12.5 Å². The lowest BCUT2D eigenvalue weighted by Crippen LogP contribution is -2.07. The number of rotatable bonds is 2. The molecule has 2 heterocycles. The van der Waals surface area contributed by atoms with Crippen LogP contribution in [0.25, 0.3) is 0 Å². The quantitative estimate of drug-likeness (QED) is 0.648. The SMILES string of the molecule is O=Cc1cnn(C2CCSC2)c1. The molecule has 1 aliphatic rings. The minimum atomic E-state index is 0.503. The summed E-state index contributed by atoms with van der Waals surface area (Å²) in [6.07, 6.45) is 5.45. The lowest BCUT2D eigenvalue weighted by atomic mass is 10.3. The zero-order chi connectivity index (χ0) is 8.39. The van der Waals surface area contributed by atoms with Crippen LogP contribution in [0.2, 0.25) is 0 Å². The van der Waals surface area contributed by atoms with Gasteiger partial charge in [0.25, 0.3) is 0 Å². The highest BCUT2D eigenvalue weighted by Crippen LogP contribution is 2.26. The molecule has 64 valence electrons. The molecule has 0 spiro atoms. The molecule has 0 amide bonds. The molecular formula is C8H10N2OS. The molecule has 0 saturated carbocycles. The van der Waals surface area contributed by atoms with E-state index in [4.69, 9.17) is 0 Å². The van der Waals surface area contributed by atoms with Crippen molar-refractivity contribution in [2.75, 3.05) is 11.5 Å². The Balaban J connectivity index is 2.16. The number of thioether (sulfide) groups is 1. The van der Waals surface area contributed by atoms with E-state index in [0.29, 0.717) is 11.6 Å². The summed E-state index contributed by atoms with van der Waals surface area (Å²) in [5.41, 5.74) is 0.673. The molecule has 1 aromatic rings. The maximum atomic E-state index is 10.4. The second kappa shape index (κ2) is 3.31. The van der Waals surface area contributed by atoms with Crippen LogP contribution in [-0.4, -0.2) is 27.6 Å². The summed E-state index contributed by atoms with van der Waals surface area (Å²) in [6, 6.07) is 0.503. The molecule has 0 bridgehead atoms. The average molecular weight is 182 g/mol. The topological polar surface area (TPSA) is 34.9 Å². The predicted molar refractivity (Wildman–Crippen MR) is 48.6 cm³/mol. The van der Waals surface area contributed by atoms with Crippen LogP contribution in [0.3, 0.4) is 0 Å². The highest BCUT2D eigenvalue weighted by molar-refractivity contribution is 7.99. The zero-order valence-corrected chi connectivity index (χ0v) is 7.46. The van der Waals surface area contributed by atoms with Crippen LogP contribution in [0, 0.1) is 0 Å². The van der Waals surface area contributed by atoms with E-state index in [0.717, 1.165) is 12.0 Å². The average Bonchev–Trinajstić information content (AvgIpc) is 2.75. The van der Waals surface area contributed by atoms with Crippen LogP contribution in [0.15, 0.2) is 12.4 Å². The Kier molecular flexibility index (Phi) is 2.17. The minimum absolute atomic E-state index is 0.503. The summed E-state index contributed by atoms with van der Waals surface area (Å²) in [4.78, 5) is 10.4. The summed E-state index contributed by atoms with van der Waals surface area (Å²) in [6.45, 7) is 0. The Morgan fingerprint density at radius 3 is 3.25 bits per heavy atom. The number of nitrogens with zero attached hydrogens (tertiary/aromatic N) is 2. The molecule has 3 nitrogen and oxygen atoms in total. The summed E-state index contributed by atoms with van der Waals surface area (Å²) in [5.74, 6) is 2.33. The molecule has 0 aliphatic carbocycles. The maximum Gasteiger partial charge on any atom is 0.153 e. The van der Waals surface area contributed by atoms with Gasteiger partial charge in [-0.1, -0.05) is 0 Å². The molecule has 12 heavy (non-hydrogen) atoms. The van der Waals surface area contributed by atoms with Gasteiger partial charge in [0, 0.05) is 11.9 Å². The zero-order valence-electron chi connectivity index (χ0n) is 6.64. The van der Waals surface area contributed by atoms with Crippen LogP contribution < -0.4 is 0 Å². The number of carbonyl (C=O) groups excluding carboxylic acids is 1. The lowest BCUT2D eigenvalue weighted by Gasteiger charge is -2.07. The van der Waals surface area contributed by atoms with Gasteiger partial charge in [0.15, 0.2) is 6.29 Å². The monoisotopic (exact) mass is 182 g/mol. The summed E-state index contributed by atoms with van der Waals surface area (Å²) in [7, 11) is 0. The smallest absolute Gasteiger partial charge is 0.153 e. The molecular weight excluding hydrogens is 172 g/mol. The first-order chi connectivity index (χ1) is 5.90. The summed E-state index contributed by atoms with van der Waals surface area (Å²) < 4.78 is 1.91. The minimum Gasteiger partial charge on any atom is -0.298 e. The van der Waals surface area contributed by atoms with Crippen molar-refractivity contribution in [3.05, 3.63) is 18.0 Å². The van der Waals surface area contributed by atoms with E-state index in [2.05, 4.69) is 5.10 Å². The fraction of sp³-hybridized carbons (Fsp3) is 0.500. The van der Waals surface area contributed by atoms with Crippen molar-refractivity contribution in [1.29, 1.82) is 0 Å². The molecule has 1 atom stereocenters. The molecule has 1 fully saturated rings. The largest absolute Gasteiger partial charge is 0.298 e. The van der Waals surface area contributed by atoms with Crippen LogP contribution in [0.1, 0.15) is 22.8 Å². The van der Waals surface area contributed by atoms with Gasteiger partial charge in [0.05, 0.1) is 17.8 Å². The van der Waals surface area contributed by atoms with Gasteiger partial charge >= 0.3 is 0 Å². The fourth-order valence-corrected chi connectivity index (χ4v) is 2.54. The summed E-state index contributed by atoms with van der Waals surface area (Å²) in [5, 5.41) is 4.14. The van der Waals surface area contributed by atoms with E-state index in [1.54, 1.807) is 6.20 Å². The Morgan fingerprint density at radius 1 is 1.75 bits per heavy atom. The highest BCUT2D eigenvalue weighted by Gasteiger charge is 2.17. The number of hydrogen-bond donors (Lipinski definition) is 0. The van der Waals surface area contributed by atoms with E-state index >= 15 is 0 Å². The second-order valence-electron chi connectivity index (χ2n) is 2.89. The van der Waals surface area contributed by atoms with Gasteiger partial charge in [-0.2, -0.15) is 16.9 Å². The Morgan fingerprint density at radius 2 is 2.67 bits per heavy atom. The van der Waals surface area contributed by atoms with Crippen LogP contribution >= 0.6 is 11.8 Å². The number of hydrogen-bond acceptors (Lipinski definition) is 3. The Labute approximate surface area is 75.1 Å². The van der Waals surface area contributed by atoms with Crippen LogP contribution in [0.4, 0.5) is 0 Å². The third-order valence-electron chi connectivity index (χ3n) is 2.04. The Hall–Kier alpha value is -0.770. The van der Waals surface area contributed by atoms with Gasteiger partial charge in [0.2, 0.25) is 0 Å². The third kappa shape index (κ3) is 1.39. The first-order valence-corrected chi connectivity index (χ1v) is 5.12. The van der Waals surface area contributed by atoms with Gasteiger partial charge in [-0.25, -0.2) is 0 Å². The molecule has 2 rings (SSSR count). The first kappa shape index (κ1) is 7.86. The van der Waals surface area contributed by atoms with E-state index in [1.807, 2.05) is 22.6 Å². The van der Waals surface area contributed by atoms with Gasteiger partial charge in [-0.15, -0.1) is 0 Å². The van der Waals surface area contributed by atoms with Crippen molar-refractivity contribution < 1.29 is 4.79 Å². The summed E-state index contributed by atoms with van der Waals surface area (Å²) >= 11 is 1.94. The van der Waals surface area contributed by atoms with Crippen LogP contribution in [-0.2, 0) is 0 Å². The lowest BCUT2D eigenvalue weighted by molar-refractivity contribution is 0.112. The van der Waals surface area contributed by atoms with E-state index in [-0.39, 0.29) is 0 Å². The van der Waals surface area contributed by atoms with Gasteiger partial charge in [-0.3, -0.25) is 9.48 Å². The molecule has 1 aromatic heterocycles. The van der Waals surface area contributed by atoms with Crippen molar-refractivity contribution in [2.24, 2.45) is 0 Å². The highest BCUT2D eigenvalue weighted by atomic mass is 32.2. The normalized spacial score (nSPS) is 22.8. The van der Waals surface area contributed by atoms with E-state index < -0.39 is 0 Å². The van der Waals surface area contributed by atoms with Crippen molar-refractivity contribution in [1.82, 2.24) is 9.78 Å². The number of aromatic nitrogens is 2. The van der Waals surface area contributed by atoms with Crippen molar-refractivity contribution in [3.8, 4) is 0 Å². The fourth-order valence-electron chi connectivity index (χ4n) is 1.34. The standard InChI is InChI=1S/C8H10N2OS/c11-5-7-3-9-10(4-7)8-1-2-12-6-8/h3-5,8H,1-2,6H2. The second-order valence-corrected chi connectivity index (χ2v) is 4.04. The molecule has 1 unspecified atom stereocenters.